The minimum Gasteiger partial charge on any atom is -0.486 e. The van der Waals surface area contributed by atoms with Gasteiger partial charge in [0.15, 0.2) is 11.5 Å². The van der Waals surface area contributed by atoms with Crippen molar-refractivity contribution in [2.75, 3.05) is 13.2 Å². The van der Waals surface area contributed by atoms with E-state index in [1.807, 2.05) is 19.2 Å². The van der Waals surface area contributed by atoms with E-state index in [9.17, 15) is 0 Å². The van der Waals surface area contributed by atoms with Crippen LogP contribution in [0.2, 0.25) is 5.15 Å². The molecular weight excluding hydrogens is 349 g/mol. The molecular formula is C17H23Cl2N3O2. The lowest BCUT2D eigenvalue weighted by molar-refractivity contribution is 0.171. The number of fused-ring (bicyclic) bond motifs is 1. The van der Waals surface area contributed by atoms with Crippen molar-refractivity contribution in [3.63, 3.8) is 0 Å². The Hall–Kier alpha value is -1.43. The van der Waals surface area contributed by atoms with Crippen molar-refractivity contribution in [3.05, 3.63) is 40.2 Å². The van der Waals surface area contributed by atoms with Crippen molar-refractivity contribution < 1.29 is 9.47 Å². The molecule has 0 aliphatic carbocycles. The first kappa shape index (κ1) is 18.9. The van der Waals surface area contributed by atoms with Crippen LogP contribution in [0, 0.1) is 0 Å². The third-order valence-electron chi connectivity index (χ3n) is 3.88. The van der Waals surface area contributed by atoms with E-state index in [2.05, 4.69) is 30.3 Å². The van der Waals surface area contributed by atoms with Crippen LogP contribution in [0.25, 0.3) is 0 Å². The van der Waals surface area contributed by atoms with E-state index < -0.39 is 0 Å². The Labute approximate surface area is 153 Å². The predicted octanol–water partition coefficient (Wildman–Crippen LogP) is 3.68. The van der Waals surface area contributed by atoms with E-state index in [1.54, 1.807) is 4.68 Å². The van der Waals surface area contributed by atoms with Gasteiger partial charge >= 0.3 is 0 Å². The molecule has 2 heterocycles. The molecule has 1 aliphatic rings. The summed E-state index contributed by atoms with van der Waals surface area (Å²) in [5.41, 5.74) is 3.27. The highest BCUT2D eigenvalue weighted by Crippen LogP contribution is 2.31. The fourth-order valence-electron chi connectivity index (χ4n) is 2.72. The highest BCUT2D eigenvalue weighted by molar-refractivity contribution is 6.30. The summed E-state index contributed by atoms with van der Waals surface area (Å²) in [6.07, 6.45) is 0. The first-order valence-electron chi connectivity index (χ1n) is 7.86. The maximum atomic E-state index is 6.36. The molecule has 0 spiro atoms. The van der Waals surface area contributed by atoms with Crippen molar-refractivity contribution >= 4 is 24.0 Å². The summed E-state index contributed by atoms with van der Waals surface area (Å²) in [6.45, 7) is 6.90. The average Bonchev–Trinajstić information content (AvgIpc) is 2.83. The summed E-state index contributed by atoms with van der Waals surface area (Å²) in [4.78, 5) is 0. The fraction of sp³-hybridized carbons (Fsp3) is 0.471. The van der Waals surface area contributed by atoms with Crippen molar-refractivity contribution in [1.29, 1.82) is 0 Å². The van der Waals surface area contributed by atoms with E-state index in [-0.39, 0.29) is 12.4 Å². The Morgan fingerprint density at radius 2 is 1.92 bits per heavy atom. The van der Waals surface area contributed by atoms with Crippen LogP contribution < -0.4 is 14.8 Å². The van der Waals surface area contributed by atoms with Crippen molar-refractivity contribution in [2.24, 2.45) is 7.05 Å². The number of aromatic nitrogens is 2. The third kappa shape index (κ3) is 3.97. The SMILES string of the molecule is CC(C)c1nn(C)c(Cl)c1CNCc1ccc2c(c1)OCCO2.Cl. The molecule has 0 bridgehead atoms. The average molecular weight is 372 g/mol. The number of nitrogens with one attached hydrogen (secondary N) is 1. The van der Waals surface area contributed by atoms with Crippen LogP contribution in [0.3, 0.4) is 0 Å². The highest BCUT2D eigenvalue weighted by atomic mass is 35.5. The lowest BCUT2D eigenvalue weighted by Gasteiger charge is -2.19. The Morgan fingerprint density at radius 1 is 1.21 bits per heavy atom. The zero-order chi connectivity index (χ0) is 16.4. The molecule has 0 radical (unpaired) electrons. The zero-order valence-electron chi connectivity index (χ0n) is 14.1. The van der Waals surface area contributed by atoms with E-state index in [4.69, 9.17) is 21.1 Å². The fourth-order valence-corrected chi connectivity index (χ4v) is 2.93. The molecule has 3 rings (SSSR count). The quantitative estimate of drug-likeness (QED) is 0.870. The first-order chi connectivity index (χ1) is 11.1. The largest absolute Gasteiger partial charge is 0.486 e. The van der Waals surface area contributed by atoms with Gasteiger partial charge in [0.25, 0.3) is 0 Å². The number of hydrogen-bond donors (Lipinski definition) is 1. The minimum absolute atomic E-state index is 0. The molecule has 0 amide bonds. The molecule has 0 saturated carbocycles. The van der Waals surface area contributed by atoms with Gasteiger partial charge in [-0.2, -0.15) is 5.10 Å². The molecule has 24 heavy (non-hydrogen) atoms. The summed E-state index contributed by atoms with van der Waals surface area (Å²) in [6, 6.07) is 6.03. The summed E-state index contributed by atoms with van der Waals surface area (Å²) < 4.78 is 12.9. The van der Waals surface area contributed by atoms with Crippen LogP contribution in [0.15, 0.2) is 18.2 Å². The van der Waals surface area contributed by atoms with Crippen molar-refractivity contribution in [2.45, 2.75) is 32.9 Å². The number of aryl methyl sites for hydroxylation is 1. The van der Waals surface area contributed by atoms with Gasteiger partial charge < -0.3 is 14.8 Å². The van der Waals surface area contributed by atoms with Gasteiger partial charge in [-0.3, -0.25) is 4.68 Å². The molecule has 2 aromatic rings. The molecule has 1 aliphatic heterocycles. The molecule has 1 aromatic heterocycles. The topological polar surface area (TPSA) is 48.3 Å². The molecule has 1 aromatic carbocycles. The molecule has 0 fully saturated rings. The standard InChI is InChI=1S/C17H22ClN3O2.ClH/c1-11(2)16-13(17(18)21(3)20-16)10-19-9-12-4-5-14-15(8-12)23-7-6-22-14;/h4-5,8,11,19H,6-7,9-10H2,1-3H3;1H. The van der Waals surface area contributed by atoms with Gasteiger partial charge in [0, 0.05) is 25.7 Å². The van der Waals surface area contributed by atoms with Crippen LogP contribution in [0.5, 0.6) is 11.5 Å². The van der Waals surface area contributed by atoms with Gasteiger partial charge in [-0.15, -0.1) is 12.4 Å². The second kappa shape index (κ2) is 8.10. The van der Waals surface area contributed by atoms with E-state index >= 15 is 0 Å². The molecule has 7 heteroatoms. The van der Waals surface area contributed by atoms with E-state index in [0.717, 1.165) is 34.9 Å². The number of rotatable bonds is 5. The summed E-state index contributed by atoms with van der Waals surface area (Å²) in [5.74, 6) is 1.98. The van der Waals surface area contributed by atoms with Gasteiger partial charge in [0.05, 0.1) is 5.69 Å². The smallest absolute Gasteiger partial charge is 0.161 e. The monoisotopic (exact) mass is 371 g/mol. The molecule has 5 nitrogen and oxygen atoms in total. The summed E-state index contributed by atoms with van der Waals surface area (Å²) in [5, 5.41) is 8.64. The second-order valence-electron chi connectivity index (χ2n) is 6.01. The predicted molar refractivity (Wildman–Crippen MR) is 97.5 cm³/mol. The van der Waals surface area contributed by atoms with Crippen molar-refractivity contribution in [3.8, 4) is 11.5 Å². The summed E-state index contributed by atoms with van der Waals surface area (Å²) in [7, 11) is 1.87. The Morgan fingerprint density at radius 3 is 2.62 bits per heavy atom. The normalized spacial score (nSPS) is 13.0. The molecule has 1 N–H and O–H groups in total. The van der Waals surface area contributed by atoms with Gasteiger partial charge in [0.1, 0.15) is 18.4 Å². The number of benzene rings is 1. The maximum absolute atomic E-state index is 6.36. The van der Waals surface area contributed by atoms with Gasteiger partial charge in [-0.1, -0.05) is 31.5 Å². The lowest BCUT2D eigenvalue weighted by Crippen LogP contribution is -2.17. The van der Waals surface area contributed by atoms with E-state index in [0.29, 0.717) is 30.8 Å². The number of nitrogens with zero attached hydrogens (tertiary/aromatic N) is 2. The van der Waals surface area contributed by atoms with Gasteiger partial charge in [-0.25, -0.2) is 0 Å². The number of hydrogen-bond acceptors (Lipinski definition) is 4. The van der Waals surface area contributed by atoms with Crippen LogP contribution in [-0.4, -0.2) is 23.0 Å². The second-order valence-corrected chi connectivity index (χ2v) is 6.37. The third-order valence-corrected chi connectivity index (χ3v) is 4.36. The zero-order valence-corrected chi connectivity index (χ0v) is 15.7. The maximum Gasteiger partial charge on any atom is 0.161 e. The van der Waals surface area contributed by atoms with E-state index in [1.165, 1.54) is 0 Å². The number of ether oxygens (including phenoxy) is 2. The molecule has 0 atom stereocenters. The first-order valence-corrected chi connectivity index (χ1v) is 8.24. The van der Waals surface area contributed by atoms with Crippen molar-refractivity contribution in [1.82, 2.24) is 15.1 Å². The molecule has 0 saturated heterocycles. The summed E-state index contributed by atoms with van der Waals surface area (Å²) >= 11 is 6.36. The van der Waals surface area contributed by atoms with Crippen LogP contribution in [0.4, 0.5) is 0 Å². The Kier molecular flexibility index (Phi) is 6.38. The Balaban J connectivity index is 0.00000208. The van der Waals surface area contributed by atoms with Crippen LogP contribution in [-0.2, 0) is 20.1 Å². The van der Waals surface area contributed by atoms with Gasteiger partial charge in [-0.05, 0) is 23.6 Å². The highest BCUT2D eigenvalue weighted by Gasteiger charge is 2.17. The van der Waals surface area contributed by atoms with Crippen LogP contribution >= 0.6 is 24.0 Å². The lowest BCUT2D eigenvalue weighted by atomic mass is 10.1. The molecule has 132 valence electrons. The molecule has 0 unspecified atom stereocenters. The number of halogens is 2. The minimum atomic E-state index is 0. The Bertz CT molecular complexity index is 701. The van der Waals surface area contributed by atoms with Crippen LogP contribution in [0.1, 0.15) is 36.6 Å². The van der Waals surface area contributed by atoms with Gasteiger partial charge in [0.2, 0.25) is 0 Å².